The second-order valence-electron chi connectivity index (χ2n) is 5.81. The molecule has 3 rings (SSSR count). The summed E-state index contributed by atoms with van der Waals surface area (Å²) in [5.74, 6) is 0.854. The molecule has 1 aromatic heterocycles. The number of nitrogens with zero attached hydrogens (tertiary/aromatic N) is 2. The number of carbonyl (C=O) groups excluding carboxylic acids is 1. The van der Waals surface area contributed by atoms with Crippen LogP contribution in [0.5, 0.6) is 5.75 Å². The fraction of sp³-hybridized carbons (Fsp3) is 0.211. The summed E-state index contributed by atoms with van der Waals surface area (Å²) in [5, 5.41) is 6.54. The second kappa shape index (κ2) is 7.77. The van der Waals surface area contributed by atoms with Crippen molar-refractivity contribution in [2.45, 2.75) is 20.4 Å². The molecule has 0 saturated carbocycles. The van der Waals surface area contributed by atoms with Crippen molar-refractivity contribution in [1.29, 1.82) is 0 Å². The van der Waals surface area contributed by atoms with E-state index in [1.54, 1.807) is 44.2 Å². The molecular weight excluding hydrogens is 337 g/mol. The Morgan fingerprint density at radius 2 is 2.08 bits per heavy atom. The van der Waals surface area contributed by atoms with Crippen molar-refractivity contribution in [3.63, 3.8) is 0 Å². The highest BCUT2D eigenvalue weighted by molar-refractivity contribution is 5.77. The maximum atomic E-state index is 13.5. The molecule has 3 aromatic rings. The third kappa shape index (κ3) is 4.44. The van der Waals surface area contributed by atoms with Crippen LogP contribution >= 0.6 is 0 Å². The molecule has 1 amide bonds. The number of hydrogen-bond acceptors (Lipinski definition) is 5. The molecule has 0 bridgehead atoms. The van der Waals surface area contributed by atoms with E-state index in [-0.39, 0.29) is 24.9 Å². The molecule has 0 atom stereocenters. The lowest BCUT2D eigenvalue weighted by Gasteiger charge is -2.09. The molecule has 0 radical (unpaired) electrons. The average Bonchev–Trinajstić information content (AvgIpc) is 3.08. The molecule has 0 aliphatic rings. The highest BCUT2D eigenvalue weighted by Crippen LogP contribution is 2.21. The number of amides is 1. The summed E-state index contributed by atoms with van der Waals surface area (Å²) >= 11 is 0. The van der Waals surface area contributed by atoms with Crippen molar-refractivity contribution in [2.75, 3.05) is 6.61 Å². The third-order valence-corrected chi connectivity index (χ3v) is 3.72. The van der Waals surface area contributed by atoms with Crippen molar-refractivity contribution < 1.29 is 18.4 Å². The van der Waals surface area contributed by atoms with Crippen molar-refractivity contribution in [3.05, 3.63) is 65.3 Å². The number of hydrogen-bond donors (Lipinski definition) is 1. The van der Waals surface area contributed by atoms with Crippen LogP contribution in [-0.4, -0.2) is 22.7 Å². The molecule has 2 aromatic carbocycles. The van der Waals surface area contributed by atoms with Gasteiger partial charge in [-0.1, -0.05) is 29.4 Å². The van der Waals surface area contributed by atoms with E-state index in [2.05, 4.69) is 15.5 Å². The summed E-state index contributed by atoms with van der Waals surface area (Å²) in [6.45, 7) is 3.49. The van der Waals surface area contributed by atoms with E-state index in [1.807, 2.05) is 6.07 Å². The van der Waals surface area contributed by atoms with Gasteiger partial charge in [-0.15, -0.1) is 0 Å². The van der Waals surface area contributed by atoms with Gasteiger partial charge in [-0.25, -0.2) is 4.39 Å². The normalized spacial score (nSPS) is 10.6. The summed E-state index contributed by atoms with van der Waals surface area (Å²) in [6.07, 6.45) is 0. The van der Waals surface area contributed by atoms with E-state index in [9.17, 15) is 9.18 Å². The number of ether oxygens (including phenoxy) is 1. The van der Waals surface area contributed by atoms with Crippen LogP contribution in [0.3, 0.4) is 0 Å². The molecule has 1 N–H and O–H groups in total. The lowest BCUT2D eigenvalue weighted by atomic mass is 10.1. The SMILES string of the molecule is Cc1nc(-c2cccc(OCC(=O)NCc3ccc(C)c(F)c3)c2)no1. The Morgan fingerprint density at radius 1 is 1.23 bits per heavy atom. The summed E-state index contributed by atoms with van der Waals surface area (Å²) < 4.78 is 23.9. The summed E-state index contributed by atoms with van der Waals surface area (Å²) in [6, 6.07) is 11.9. The van der Waals surface area contributed by atoms with Gasteiger partial charge in [0, 0.05) is 19.0 Å². The van der Waals surface area contributed by atoms with Crippen molar-refractivity contribution in [3.8, 4) is 17.1 Å². The molecule has 0 spiro atoms. The molecule has 0 unspecified atom stereocenters. The molecule has 0 aliphatic heterocycles. The van der Waals surface area contributed by atoms with Crippen molar-refractivity contribution in [2.24, 2.45) is 0 Å². The van der Waals surface area contributed by atoms with Gasteiger partial charge in [0.25, 0.3) is 5.91 Å². The summed E-state index contributed by atoms with van der Waals surface area (Å²) in [5.41, 5.74) is 1.99. The molecule has 0 fully saturated rings. The molecule has 7 heteroatoms. The lowest BCUT2D eigenvalue weighted by molar-refractivity contribution is -0.123. The molecule has 6 nitrogen and oxygen atoms in total. The van der Waals surface area contributed by atoms with Crippen molar-refractivity contribution >= 4 is 5.91 Å². The predicted octanol–water partition coefficient (Wildman–Crippen LogP) is 3.19. The van der Waals surface area contributed by atoms with Gasteiger partial charge in [-0.3, -0.25) is 4.79 Å². The Labute approximate surface area is 150 Å². The Bertz CT molecular complexity index is 924. The zero-order valence-electron chi connectivity index (χ0n) is 14.5. The quantitative estimate of drug-likeness (QED) is 0.735. The highest BCUT2D eigenvalue weighted by atomic mass is 19.1. The number of nitrogens with one attached hydrogen (secondary N) is 1. The minimum Gasteiger partial charge on any atom is -0.484 e. The van der Waals surface area contributed by atoms with Gasteiger partial charge < -0.3 is 14.6 Å². The Morgan fingerprint density at radius 3 is 2.81 bits per heavy atom. The predicted molar refractivity (Wildman–Crippen MR) is 92.9 cm³/mol. The smallest absolute Gasteiger partial charge is 0.258 e. The summed E-state index contributed by atoms with van der Waals surface area (Å²) in [7, 11) is 0. The maximum Gasteiger partial charge on any atom is 0.258 e. The minimum atomic E-state index is -0.299. The number of aryl methyl sites for hydroxylation is 2. The van der Waals surface area contributed by atoms with E-state index in [0.717, 1.165) is 5.56 Å². The van der Waals surface area contributed by atoms with Crippen LogP contribution in [-0.2, 0) is 11.3 Å². The van der Waals surface area contributed by atoms with Gasteiger partial charge in [0.1, 0.15) is 11.6 Å². The molecule has 26 heavy (non-hydrogen) atoms. The van der Waals surface area contributed by atoms with Gasteiger partial charge in [-0.05, 0) is 36.2 Å². The Kier molecular flexibility index (Phi) is 5.26. The second-order valence-corrected chi connectivity index (χ2v) is 5.81. The van der Waals surface area contributed by atoms with Crippen LogP contribution in [0.4, 0.5) is 4.39 Å². The van der Waals surface area contributed by atoms with Gasteiger partial charge in [-0.2, -0.15) is 4.98 Å². The zero-order chi connectivity index (χ0) is 18.5. The monoisotopic (exact) mass is 355 g/mol. The Balaban J connectivity index is 1.53. The van der Waals surface area contributed by atoms with Crippen LogP contribution in [0.25, 0.3) is 11.4 Å². The molecule has 134 valence electrons. The van der Waals surface area contributed by atoms with Crippen molar-refractivity contribution in [1.82, 2.24) is 15.5 Å². The van der Waals surface area contributed by atoms with Crippen LogP contribution < -0.4 is 10.1 Å². The number of rotatable bonds is 6. The number of benzene rings is 2. The van der Waals surface area contributed by atoms with E-state index in [0.29, 0.717) is 28.6 Å². The first kappa shape index (κ1) is 17.6. The van der Waals surface area contributed by atoms with Gasteiger partial charge >= 0.3 is 0 Å². The van der Waals surface area contributed by atoms with Crippen LogP contribution in [0.1, 0.15) is 17.0 Å². The minimum absolute atomic E-state index is 0.150. The molecule has 1 heterocycles. The Hall–Kier alpha value is -3.22. The summed E-state index contributed by atoms with van der Waals surface area (Å²) in [4.78, 5) is 16.1. The topological polar surface area (TPSA) is 77.2 Å². The first-order valence-corrected chi connectivity index (χ1v) is 8.06. The average molecular weight is 355 g/mol. The van der Waals surface area contributed by atoms with Gasteiger partial charge in [0.15, 0.2) is 6.61 Å². The fourth-order valence-electron chi connectivity index (χ4n) is 2.29. The van der Waals surface area contributed by atoms with E-state index < -0.39 is 0 Å². The molecular formula is C19H18FN3O3. The number of halogens is 1. The lowest BCUT2D eigenvalue weighted by Crippen LogP contribution is -2.28. The molecule has 0 aliphatic carbocycles. The largest absolute Gasteiger partial charge is 0.484 e. The standard InChI is InChI=1S/C19H18FN3O3/c1-12-6-7-14(8-17(12)20)10-21-18(24)11-25-16-5-3-4-15(9-16)19-22-13(2)26-23-19/h3-9H,10-11H2,1-2H3,(H,21,24). The highest BCUT2D eigenvalue weighted by Gasteiger charge is 2.08. The van der Waals surface area contributed by atoms with Crippen LogP contribution in [0.15, 0.2) is 47.0 Å². The fourth-order valence-corrected chi connectivity index (χ4v) is 2.29. The molecule has 0 saturated heterocycles. The van der Waals surface area contributed by atoms with E-state index >= 15 is 0 Å². The van der Waals surface area contributed by atoms with Gasteiger partial charge in [0.05, 0.1) is 0 Å². The number of aromatic nitrogens is 2. The van der Waals surface area contributed by atoms with E-state index in [4.69, 9.17) is 9.26 Å². The van der Waals surface area contributed by atoms with Gasteiger partial charge in [0.2, 0.25) is 11.7 Å². The number of carbonyl (C=O) groups is 1. The van der Waals surface area contributed by atoms with E-state index in [1.165, 1.54) is 6.07 Å². The first-order valence-electron chi connectivity index (χ1n) is 8.06. The first-order chi connectivity index (χ1) is 12.5. The third-order valence-electron chi connectivity index (χ3n) is 3.72. The van der Waals surface area contributed by atoms with Crippen LogP contribution in [0, 0.1) is 19.7 Å². The zero-order valence-corrected chi connectivity index (χ0v) is 14.5. The maximum absolute atomic E-state index is 13.5. The van der Waals surface area contributed by atoms with Crippen LogP contribution in [0.2, 0.25) is 0 Å².